The highest BCUT2D eigenvalue weighted by molar-refractivity contribution is 6.21. The zero-order valence-corrected chi connectivity index (χ0v) is 17.2. The first-order valence-electron chi connectivity index (χ1n) is 10.0. The zero-order chi connectivity index (χ0) is 21.3. The molecule has 0 spiro atoms. The summed E-state index contributed by atoms with van der Waals surface area (Å²) < 4.78 is 5.49. The minimum absolute atomic E-state index is 0.135. The van der Waals surface area contributed by atoms with Gasteiger partial charge in [0.1, 0.15) is 6.61 Å². The molecule has 1 fully saturated rings. The molecule has 2 aromatic carbocycles. The largest absolute Gasteiger partial charge is 0.445 e. The second kappa shape index (κ2) is 7.91. The number of amides is 3. The van der Waals surface area contributed by atoms with E-state index < -0.39 is 0 Å². The van der Waals surface area contributed by atoms with Crippen LogP contribution in [0.3, 0.4) is 0 Å². The second-order valence-corrected chi connectivity index (χ2v) is 8.35. The molecule has 2 heterocycles. The van der Waals surface area contributed by atoms with Gasteiger partial charge in [0.2, 0.25) is 0 Å². The van der Waals surface area contributed by atoms with Crippen LogP contribution in [0.1, 0.15) is 45.7 Å². The minimum Gasteiger partial charge on any atom is -0.445 e. The molecular formula is C23H25N3O4. The highest BCUT2D eigenvalue weighted by Crippen LogP contribution is 2.24. The molecule has 2 aromatic rings. The number of nitrogens with zero attached hydrogens (tertiary/aromatic N) is 2. The molecule has 2 aliphatic heterocycles. The average molecular weight is 407 g/mol. The van der Waals surface area contributed by atoms with Crippen LogP contribution in [-0.4, -0.2) is 52.9 Å². The third-order valence-electron chi connectivity index (χ3n) is 5.40. The first kappa shape index (κ1) is 20.1. The van der Waals surface area contributed by atoms with Crippen molar-refractivity contribution in [1.29, 1.82) is 0 Å². The lowest BCUT2D eigenvalue weighted by Crippen LogP contribution is -2.58. The summed E-state index contributed by atoms with van der Waals surface area (Å²) >= 11 is 0. The third-order valence-corrected chi connectivity index (χ3v) is 5.40. The summed E-state index contributed by atoms with van der Waals surface area (Å²) in [6, 6.07) is 14.3. The lowest BCUT2D eigenvalue weighted by Gasteiger charge is -2.38. The molecule has 2 aliphatic rings. The smallest absolute Gasteiger partial charge is 0.410 e. The highest BCUT2D eigenvalue weighted by atomic mass is 16.6. The molecule has 0 aromatic heterocycles. The molecule has 1 saturated heterocycles. The van der Waals surface area contributed by atoms with Gasteiger partial charge < -0.3 is 15.0 Å². The number of imide groups is 1. The summed E-state index contributed by atoms with van der Waals surface area (Å²) in [7, 11) is 0. The summed E-state index contributed by atoms with van der Waals surface area (Å²) in [6.45, 7) is 6.36. The summed E-state index contributed by atoms with van der Waals surface area (Å²) in [5, 5.41) is 3.36. The summed E-state index contributed by atoms with van der Waals surface area (Å²) in [5.41, 5.74) is 2.36. The fraction of sp³-hybridized carbons (Fsp3) is 0.348. The lowest BCUT2D eigenvalue weighted by atomic mass is 10.0. The number of ether oxygens (including phenoxy) is 1. The van der Waals surface area contributed by atoms with Crippen LogP contribution in [0.25, 0.3) is 0 Å². The van der Waals surface area contributed by atoms with E-state index in [0.717, 1.165) is 17.7 Å². The van der Waals surface area contributed by atoms with Gasteiger partial charge in [-0.25, -0.2) is 4.79 Å². The van der Waals surface area contributed by atoms with Gasteiger partial charge in [0, 0.05) is 25.2 Å². The van der Waals surface area contributed by atoms with Crippen molar-refractivity contribution in [2.75, 3.05) is 19.6 Å². The van der Waals surface area contributed by atoms with Gasteiger partial charge in [0.25, 0.3) is 11.8 Å². The number of carbonyl (C=O) groups is 3. The van der Waals surface area contributed by atoms with Gasteiger partial charge in [-0.15, -0.1) is 0 Å². The van der Waals surface area contributed by atoms with Gasteiger partial charge >= 0.3 is 6.09 Å². The van der Waals surface area contributed by atoms with Crippen molar-refractivity contribution in [3.8, 4) is 0 Å². The van der Waals surface area contributed by atoms with E-state index in [9.17, 15) is 14.4 Å². The lowest BCUT2D eigenvalue weighted by molar-refractivity contribution is 0.0642. The van der Waals surface area contributed by atoms with Crippen LogP contribution in [0.5, 0.6) is 0 Å². The fourth-order valence-corrected chi connectivity index (χ4v) is 3.92. The van der Waals surface area contributed by atoms with Crippen LogP contribution in [0.15, 0.2) is 48.5 Å². The highest BCUT2D eigenvalue weighted by Gasteiger charge is 2.35. The van der Waals surface area contributed by atoms with E-state index in [1.54, 1.807) is 29.2 Å². The Balaban J connectivity index is 1.38. The Morgan fingerprint density at radius 2 is 1.70 bits per heavy atom. The van der Waals surface area contributed by atoms with Crippen LogP contribution in [-0.2, 0) is 17.9 Å². The van der Waals surface area contributed by atoms with Gasteiger partial charge in [-0.1, -0.05) is 36.4 Å². The first-order valence-corrected chi connectivity index (χ1v) is 10.0. The van der Waals surface area contributed by atoms with E-state index in [1.807, 2.05) is 24.3 Å². The van der Waals surface area contributed by atoms with E-state index in [4.69, 9.17) is 4.74 Å². The maximum Gasteiger partial charge on any atom is 0.410 e. The maximum atomic E-state index is 12.6. The van der Waals surface area contributed by atoms with Crippen LogP contribution < -0.4 is 5.32 Å². The Labute approximate surface area is 175 Å². The fourth-order valence-electron chi connectivity index (χ4n) is 3.92. The van der Waals surface area contributed by atoms with E-state index >= 15 is 0 Å². The number of hydrogen-bond acceptors (Lipinski definition) is 5. The van der Waals surface area contributed by atoms with Gasteiger partial charge in [-0.2, -0.15) is 0 Å². The van der Waals surface area contributed by atoms with E-state index in [0.29, 0.717) is 24.2 Å². The summed E-state index contributed by atoms with van der Waals surface area (Å²) in [4.78, 5) is 40.5. The number of carbonyl (C=O) groups excluding carboxylic acids is 3. The third kappa shape index (κ3) is 4.07. The van der Waals surface area contributed by atoms with Gasteiger partial charge in [-0.3, -0.25) is 14.5 Å². The zero-order valence-electron chi connectivity index (χ0n) is 17.2. The topological polar surface area (TPSA) is 79.0 Å². The molecule has 0 unspecified atom stereocenters. The minimum atomic E-state index is -0.338. The monoisotopic (exact) mass is 407 g/mol. The molecule has 7 nitrogen and oxygen atoms in total. The molecule has 4 rings (SSSR count). The molecule has 0 radical (unpaired) electrons. The SMILES string of the molecule is CC1(C)CN(C(=O)OCc2cccc(CN3C(=O)c4ccccc4C3=O)c2)CCN1. The quantitative estimate of drug-likeness (QED) is 0.789. The van der Waals surface area contributed by atoms with Crippen molar-refractivity contribution < 1.29 is 19.1 Å². The molecule has 0 bridgehead atoms. The maximum absolute atomic E-state index is 12.6. The Morgan fingerprint density at radius 1 is 1.03 bits per heavy atom. The predicted octanol–water partition coefficient (Wildman–Crippen LogP) is 2.80. The molecule has 30 heavy (non-hydrogen) atoms. The van der Waals surface area contributed by atoms with Gasteiger partial charge in [0.05, 0.1) is 17.7 Å². The summed E-state index contributed by atoms with van der Waals surface area (Å²) in [5.74, 6) is -0.567. The van der Waals surface area contributed by atoms with Crippen LogP contribution in [0.2, 0.25) is 0 Å². The van der Waals surface area contributed by atoms with Crippen LogP contribution in [0.4, 0.5) is 4.79 Å². The first-order chi connectivity index (χ1) is 14.3. The molecule has 0 saturated carbocycles. The number of benzene rings is 2. The Morgan fingerprint density at radius 3 is 2.37 bits per heavy atom. The molecular weight excluding hydrogens is 382 g/mol. The Bertz CT molecular complexity index is 966. The van der Waals surface area contributed by atoms with Crippen molar-refractivity contribution in [1.82, 2.24) is 15.1 Å². The molecule has 7 heteroatoms. The van der Waals surface area contributed by atoms with E-state index in [-0.39, 0.29) is 36.6 Å². The summed E-state index contributed by atoms with van der Waals surface area (Å²) in [6.07, 6.45) is -0.338. The van der Waals surface area contributed by atoms with Gasteiger partial charge in [-0.05, 0) is 37.1 Å². The second-order valence-electron chi connectivity index (χ2n) is 8.35. The number of rotatable bonds is 4. The van der Waals surface area contributed by atoms with Crippen LogP contribution in [0, 0.1) is 0 Å². The molecule has 0 atom stereocenters. The van der Waals surface area contributed by atoms with Crippen molar-refractivity contribution in [2.24, 2.45) is 0 Å². The number of nitrogens with one attached hydrogen (secondary N) is 1. The van der Waals surface area contributed by atoms with Gasteiger partial charge in [0.15, 0.2) is 0 Å². The number of hydrogen-bond donors (Lipinski definition) is 1. The van der Waals surface area contributed by atoms with Crippen molar-refractivity contribution in [3.63, 3.8) is 0 Å². The normalized spacial score (nSPS) is 17.8. The molecule has 1 N–H and O–H groups in total. The number of fused-ring (bicyclic) bond motifs is 1. The molecule has 0 aliphatic carbocycles. The molecule has 156 valence electrons. The Hall–Kier alpha value is -3.19. The number of piperazine rings is 1. The van der Waals surface area contributed by atoms with Crippen LogP contribution >= 0.6 is 0 Å². The standard InChI is InChI=1S/C23H25N3O4/c1-23(2)15-25(11-10-24-23)22(29)30-14-17-7-5-6-16(12-17)13-26-20(27)18-8-3-4-9-19(18)21(26)28/h3-9,12,24H,10-11,13-15H2,1-2H3. The van der Waals surface area contributed by atoms with Crippen molar-refractivity contribution >= 4 is 17.9 Å². The van der Waals surface area contributed by atoms with E-state index in [2.05, 4.69) is 19.2 Å². The van der Waals surface area contributed by atoms with Crippen molar-refractivity contribution in [3.05, 3.63) is 70.8 Å². The predicted molar refractivity (Wildman–Crippen MR) is 111 cm³/mol. The average Bonchev–Trinajstić information content (AvgIpc) is 2.97. The van der Waals surface area contributed by atoms with E-state index in [1.165, 1.54) is 4.90 Å². The van der Waals surface area contributed by atoms with Crippen molar-refractivity contribution in [2.45, 2.75) is 32.5 Å². The Kier molecular flexibility index (Phi) is 5.30. The molecule has 3 amide bonds.